The maximum atomic E-state index is 13.3. The summed E-state index contributed by atoms with van der Waals surface area (Å²) in [4.78, 5) is 13.3. The van der Waals surface area contributed by atoms with E-state index in [0.29, 0.717) is 6.42 Å². The van der Waals surface area contributed by atoms with Crippen LogP contribution in [-0.2, 0) is 33.2 Å². The molecule has 0 aromatic heterocycles. The molecule has 0 saturated carbocycles. The third kappa shape index (κ3) is 27.6. The highest BCUT2D eigenvalue weighted by molar-refractivity contribution is 5.76. The number of allylic oxidation sites excluding steroid dienone is 7. The molecule has 3 rings (SSSR count). The van der Waals surface area contributed by atoms with Gasteiger partial charge in [-0.3, -0.25) is 4.79 Å². The van der Waals surface area contributed by atoms with Crippen LogP contribution in [0, 0.1) is 0 Å². The van der Waals surface area contributed by atoms with Gasteiger partial charge in [-0.1, -0.05) is 191 Å². The zero-order valence-corrected chi connectivity index (χ0v) is 48.5. The molecule has 17 atom stereocenters. The van der Waals surface area contributed by atoms with Gasteiger partial charge in [-0.15, -0.1) is 0 Å². The third-order valence-corrected chi connectivity index (χ3v) is 15.4. The number of ether oxygens (including phenoxy) is 6. The van der Waals surface area contributed by atoms with E-state index in [1.54, 1.807) is 6.08 Å². The number of carbonyl (C=O) groups excluding carboxylic acids is 1. The molecule has 3 fully saturated rings. The SMILES string of the molecule is CC/C=C\C/C=C\C/C=C\CCCCCCCCCC(=O)NC(COC1OC(CO)C(OC2OC(CO)C(OC3OC(CO)C(O)C(O)C3O)C(O)C2O)C(O)C1O)C(O)/C=C/CCCCCCCCCCCCCCCCCC. The number of amides is 1. The Labute approximate surface area is 478 Å². The predicted molar refractivity (Wildman–Crippen MR) is 305 cm³/mol. The molecule has 17 unspecified atom stereocenters. The first-order valence-electron chi connectivity index (χ1n) is 30.9. The number of aliphatic hydroxyl groups is 11. The summed E-state index contributed by atoms with van der Waals surface area (Å²) < 4.78 is 34.3. The summed E-state index contributed by atoms with van der Waals surface area (Å²) in [6.07, 6.45) is 22.2. The van der Waals surface area contributed by atoms with E-state index in [0.717, 1.165) is 89.9 Å². The third-order valence-electron chi connectivity index (χ3n) is 15.4. The van der Waals surface area contributed by atoms with Crippen LogP contribution < -0.4 is 5.32 Å². The molecule has 19 nitrogen and oxygen atoms in total. The second kappa shape index (κ2) is 44.3. The molecule has 3 heterocycles. The molecule has 0 aromatic carbocycles. The van der Waals surface area contributed by atoms with E-state index in [1.807, 2.05) is 6.08 Å². The Balaban J connectivity index is 1.50. The topological polar surface area (TPSA) is 307 Å². The van der Waals surface area contributed by atoms with Gasteiger partial charge in [0.2, 0.25) is 5.91 Å². The number of rotatable bonds is 45. The average Bonchev–Trinajstić information content (AvgIpc) is 3.50. The second-order valence-electron chi connectivity index (χ2n) is 22.1. The largest absolute Gasteiger partial charge is 0.394 e. The summed E-state index contributed by atoms with van der Waals surface area (Å²) >= 11 is 0. The first-order chi connectivity index (χ1) is 38.8. The highest BCUT2D eigenvalue weighted by Crippen LogP contribution is 2.33. The van der Waals surface area contributed by atoms with Gasteiger partial charge in [0, 0.05) is 6.42 Å². The first kappa shape index (κ1) is 72.0. The molecule has 3 saturated heterocycles. The minimum absolute atomic E-state index is 0.231. The van der Waals surface area contributed by atoms with Crippen molar-refractivity contribution in [3.8, 4) is 0 Å². The molecule has 80 heavy (non-hydrogen) atoms. The van der Waals surface area contributed by atoms with Crippen LogP contribution in [0.3, 0.4) is 0 Å². The summed E-state index contributed by atoms with van der Waals surface area (Å²) in [5.74, 6) is -0.287. The lowest BCUT2D eigenvalue weighted by Gasteiger charge is -2.48. The van der Waals surface area contributed by atoms with Crippen molar-refractivity contribution in [1.29, 1.82) is 0 Å². The number of unbranched alkanes of at least 4 members (excludes halogenated alkanes) is 23. The molecule has 19 heteroatoms. The number of hydrogen-bond donors (Lipinski definition) is 12. The van der Waals surface area contributed by atoms with E-state index >= 15 is 0 Å². The van der Waals surface area contributed by atoms with Crippen LogP contribution in [-0.4, -0.2) is 193 Å². The van der Waals surface area contributed by atoms with Gasteiger partial charge in [0.05, 0.1) is 38.6 Å². The molecule has 1 amide bonds. The van der Waals surface area contributed by atoms with E-state index in [-0.39, 0.29) is 18.9 Å². The van der Waals surface area contributed by atoms with Crippen LogP contribution in [0.15, 0.2) is 48.6 Å². The number of aliphatic hydroxyl groups excluding tert-OH is 11. The van der Waals surface area contributed by atoms with Crippen molar-refractivity contribution in [2.45, 2.75) is 304 Å². The summed E-state index contributed by atoms with van der Waals surface area (Å²) in [6, 6.07) is -0.979. The molecule has 0 aromatic rings. The standard InChI is InChI=1S/C61H109NO18/c1-3-5-7-9-11-13-15-17-19-21-23-24-26-28-30-32-34-36-38-45(66)44(62-49(67)39-37-35-33-31-29-27-25-22-20-18-16-14-12-10-8-6-4-2)43-75-59-55(73)52(70)57(47(41-64)77-59)80-61-56(74)53(71)58(48(42-65)78-61)79-60-54(72)51(69)50(68)46(40-63)76-60/h6,8,12,14,18,20,36,38,44-48,50-61,63-66,68-74H,3-5,7,9-11,13,15-17,19,21-35,37,39-43H2,1-2H3,(H,62,67)/b8-6-,14-12-,20-18-,38-36+. The van der Waals surface area contributed by atoms with Crippen molar-refractivity contribution >= 4 is 5.91 Å². The first-order valence-corrected chi connectivity index (χ1v) is 30.9. The number of hydrogen-bond acceptors (Lipinski definition) is 18. The van der Waals surface area contributed by atoms with Gasteiger partial charge in [0.1, 0.15) is 73.2 Å². The Hall–Kier alpha value is -2.25. The quantitative estimate of drug-likeness (QED) is 0.0250. The second-order valence-corrected chi connectivity index (χ2v) is 22.1. The lowest BCUT2D eigenvalue weighted by atomic mass is 9.96. The minimum atomic E-state index is -1.98. The van der Waals surface area contributed by atoms with E-state index in [1.165, 1.54) is 83.5 Å². The normalized spacial score (nSPS) is 30.3. The van der Waals surface area contributed by atoms with Crippen molar-refractivity contribution in [1.82, 2.24) is 5.32 Å². The molecular weight excluding hydrogens is 1030 g/mol. The number of carbonyl (C=O) groups is 1. The molecule has 0 spiro atoms. The van der Waals surface area contributed by atoms with E-state index < -0.39 is 124 Å². The van der Waals surface area contributed by atoms with Crippen LogP contribution in [0.2, 0.25) is 0 Å². The monoisotopic (exact) mass is 1140 g/mol. The van der Waals surface area contributed by atoms with Gasteiger partial charge in [-0.2, -0.15) is 0 Å². The molecular formula is C61H109NO18. The van der Waals surface area contributed by atoms with Crippen molar-refractivity contribution in [2.75, 3.05) is 26.4 Å². The Morgan fingerprint density at radius 1 is 0.463 bits per heavy atom. The molecule has 466 valence electrons. The zero-order chi connectivity index (χ0) is 58.3. The van der Waals surface area contributed by atoms with Crippen molar-refractivity contribution in [2.24, 2.45) is 0 Å². The van der Waals surface area contributed by atoms with E-state index in [4.69, 9.17) is 28.4 Å². The maximum absolute atomic E-state index is 13.3. The fourth-order valence-corrected chi connectivity index (χ4v) is 10.3. The van der Waals surface area contributed by atoms with Gasteiger partial charge in [0.25, 0.3) is 0 Å². The summed E-state index contributed by atoms with van der Waals surface area (Å²) in [5.41, 5.74) is 0. The molecule has 0 bridgehead atoms. The van der Waals surface area contributed by atoms with Crippen LogP contribution in [0.5, 0.6) is 0 Å². The molecule has 3 aliphatic heterocycles. The smallest absolute Gasteiger partial charge is 0.220 e. The Morgan fingerprint density at radius 3 is 1.35 bits per heavy atom. The van der Waals surface area contributed by atoms with Crippen LogP contribution >= 0.6 is 0 Å². The summed E-state index contributed by atoms with van der Waals surface area (Å²) in [5, 5.41) is 120. The Morgan fingerprint density at radius 2 is 0.863 bits per heavy atom. The highest BCUT2D eigenvalue weighted by Gasteiger charge is 2.53. The van der Waals surface area contributed by atoms with Gasteiger partial charge >= 0.3 is 0 Å². The van der Waals surface area contributed by atoms with Crippen LogP contribution in [0.25, 0.3) is 0 Å². The predicted octanol–water partition coefficient (Wildman–Crippen LogP) is 5.87. The van der Waals surface area contributed by atoms with Gasteiger partial charge in [-0.25, -0.2) is 0 Å². The van der Waals surface area contributed by atoms with Crippen molar-refractivity contribution < 1.29 is 89.4 Å². The highest BCUT2D eigenvalue weighted by atomic mass is 16.8. The Bertz CT molecular complexity index is 1650. The van der Waals surface area contributed by atoms with Crippen molar-refractivity contribution in [3.05, 3.63) is 48.6 Å². The minimum Gasteiger partial charge on any atom is -0.394 e. The number of nitrogens with one attached hydrogen (secondary N) is 1. The lowest BCUT2D eigenvalue weighted by molar-refractivity contribution is -0.379. The fraction of sp³-hybridized carbons (Fsp3) is 0.852. The molecule has 3 aliphatic rings. The van der Waals surface area contributed by atoms with Crippen LogP contribution in [0.1, 0.15) is 200 Å². The average molecular weight is 1140 g/mol. The van der Waals surface area contributed by atoms with Crippen LogP contribution in [0.4, 0.5) is 0 Å². The van der Waals surface area contributed by atoms with Gasteiger partial charge in [-0.05, 0) is 51.4 Å². The fourth-order valence-electron chi connectivity index (χ4n) is 10.3. The van der Waals surface area contributed by atoms with Gasteiger partial charge in [0.15, 0.2) is 18.9 Å². The van der Waals surface area contributed by atoms with E-state index in [9.17, 15) is 61.0 Å². The lowest BCUT2D eigenvalue weighted by Crippen LogP contribution is -2.66. The molecule has 12 N–H and O–H groups in total. The Kier molecular flexibility index (Phi) is 39.8. The molecule has 0 radical (unpaired) electrons. The maximum Gasteiger partial charge on any atom is 0.220 e. The summed E-state index contributed by atoms with van der Waals surface area (Å²) in [6.45, 7) is 1.60. The zero-order valence-electron chi connectivity index (χ0n) is 48.5. The van der Waals surface area contributed by atoms with Crippen molar-refractivity contribution in [3.63, 3.8) is 0 Å². The summed E-state index contributed by atoms with van der Waals surface area (Å²) in [7, 11) is 0. The molecule has 0 aliphatic carbocycles. The van der Waals surface area contributed by atoms with Gasteiger partial charge < -0.3 is 89.9 Å². The van der Waals surface area contributed by atoms with E-state index in [2.05, 4.69) is 55.6 Å².